The van der Waals surface area contributed by atoms with Crippen molar-refractivity contribution in [1.82, 2.24) is 5.32 Å². The van der Waals surface area contributed by atoms with Gasteiger partial charge in [-0.15, -0.1) is 0 Å². The Bertz CT molecular complexity index is 676. The van der Waals surface area contributed by atoms with Crippen molar-refractivity contribution in [2.24, 2.45) is 0 Å². The van der Waals surface area contributed by atoms with Crippen molar-refractivity contribution in [2.75, 3.05) is 32.7 Å². The van der Waals surface area contributed by atoms with E-state index in [-0.39, 0.29) is 6.03 Å². The molecule has 0 radical (unpaired) electrons. The molecule has 1 aromatic heterocycles. The number of rotatable bonds is 9. The first-order valence-electron chi connectivity index (χ1n) is 7.70. The minimum atomic E-state index is -0.353. The van der Waals surface area contributed by atoms with Crippen molar-refractivity contribution < 1.29 is 23.4 Å². The predicted molar refractivity (Wildman–Crippen MR) is 94.6 cm³/mol. The SMILES string of the molecule is COc1cc(NC(=O)NCCCOCc2ccco2)c(OC)cc1Cl. The fourth-order valence-corrected chi connectivity index (χ4v) is 2.30. The molecule has 0 spiro atoms. The number of urea groups is 1. The Morgan fingerprint density at radius 1 is 1.24 bits per heavy atom. The molecule has 2 rings (SSSR count). The number of nitrogens with one attached hydrogen (secondary N) is 2. The van der Waals surface area contributed by atoms with Gasteiger partial charge < -0.3 is 29.3 Å². The maximum Gasteiger partial charge on any atom is 0.319 e. The number of hydrogen-bond donors (Lipinski definition) is 2. The standard InChI is InChI=1S/C17H21ClN2O5/c1-22-15-10-14(16(23-2)9-13(15)18)20-17(21)19-6-4-7-24-11-12-5-3-8-25-12/h3,5,8-10H,4,6-7,11H2,1-2H3,(H2,19,20,21). The van der Waals surface area contributed by atoms with Crippen LogP contribution in [0.4, 0.5) is 10.5 Å². The topological polar surface area (TPSA) is 82.0 Å². The molecule has 0 aliphatic rings. The maximum absolute atomic E-state index is 12.0. The molecule has 1 aromatic carbocycles. The molecule has 2 aromatic rings. The van der Waals surface area contributed by atoms with E-state index in [2.05, 4.69) is 10.6 Å². The van der Waals surface area contributed by atoms with Crippen molar-refractivity contribution in [3.63, 3.8) is 0 Å². The molecule has 136 valence electrons. The zero-order valence-electron chi connectivity index (χ0n) is 14.1. The largest absolute Gasteiger partial charge is 0.495 e. The van der Waals surface area contributed by atoms with E-state index in [1.54, 1.807) is 18.4 Å². The minimum absolute atomic E-state index is 0.353. The van der Waals surface area contributed by atoms with Gasteiger partial charge in [-0.3, -0.25) is 0 Å². The smallest absolute Gasteiger partial charge is 0.319 e. The molecule has 0 saturated heterocycles. The van der Waals surface area contributed by atoms with Crippen molar-refractivity contribution in [1.29, 1.82) is 0 Å². The van der Waals surface area contributed by atoms with Crippen LogP contribution < -0.4 is 20.1 Å². The lowest BCUT2D eigenvalue weighted by Gasteiger charge is -2.13. The third-order valence-electron chi connectivity index (χ3n) is 3.30. The molecule has 0 aliphatic carbocycles. The highest BCUT2D eigenvalue weighted by Gasteiger charge is 2.12. The molecular formula is C17H21ClN2O5. The average molecular weight is 369 g/mol. The Labute approximate surface area is 151 Å². The van der Waals surface area contributed by atoms with Gasteiger partial charge in [0, 0.05) is 25.3 Å². The highest BCUT2D eigenvalue weighted by atomic mass is 35.5. The average Bonchev–Trinajstić information content (AvgIpc) is 3.12. The third kappa shape index (κ3) is 5.88. The van der Waals surface area contributed by atoms with E-state index >= 15 is 0 Å². The molecule has 1 heterocycles. The number of carbonyl (C=O) groups excluding carboxylic acids is 1. The minimum Gasteiger partial charge on any atom is -0.495 e. The lowest BCUT2D eigenvalue weighted by atomic mass is 10.2. The summed E-state index contributed by atoms with van der Waals surface area (Å²) in [6.45, 7) is 1.40. The van der Waals surface area contributed by atoms with Crippen molar-refractivity contribution in [2.45, 2.75) is 13.0 Å². The molecule has 0 fully saturated rings. The number of amides is 2. The van der Waals surface area contributed by atoms with Crippen LogP contribution in [0.3, 0.4) is 0 Å². The summed E-state index contributed by atoms with van der Waals surface area (Å²) in [6.07, 6.45) is 2.28. The zero-order valence-corrected chi connectivity index (χ0v) is 14.9. The molecule has 0 saturated carbocycles. The van der Waals surface area contributed by atoms with Crippen LogP contribution in [0, 0.1) is 0 Å². The lowest BCUT2D eigenvalue weighted by Crippen LogP contribution is -2.30. The molecule has 8 heteroatoms. The van der Waals surface area contributed by atoms with Gasteiger partial charge in [0.2, 0.25) is 0 Å². The van der Waals surface area contributed by atoms with Crippen LogP contribution in [-0.2, 0) is 11.3 Å². The van der Waals surface area contributed by atoms with Gasteiger partial charge in [-0.1, -0.05) is 11.6 Å². The monoisotopic (exact) mass is 368 g/mol. The van der Waals surface area contributed by atoms with E-state index < -0.39 is 0 Å². The van der Waals surface area contributed by atoms with Gasteiger partial charge in [0.05, 0.1) is 31.2 Å². The first-order chi connectivity index (χ1) is 12.1. The Hall–Kier alpha value is -2.38. The molecule has 0 unspecified atom stereocenters. The van der Waals surface area contributed by atoms with Crippen LogP contribution in [0.25, 0.3) is 0 Å². The summed E-state index contributed by atoms with van der Waals surface area (Å²) in [4.78, 5) is 12.0. The molecule has 2 amide bonds. The highest BCUT2D eigenvalue weighted by Crippen LogP contribution is 2.35. The number of hydrogen-bond acceptors (Lipinski definition) is 5. The first kappa shape index (κ1) is 19.0. The summed E-state index contributed by atoms with van der Waals surface area (Å²) < 4.78 is 20.9. The maximum atomic E-state index is 12.0. The molecule has 2 N–H and O–H groups in total. The lowest BCUT2D eigenvalue weighted by molar-refractivity contribution is 0.104. The second-order valence-electron chi connectivity index (χ2n) is 5.05. The predicted octanol–water partition coefficient (Wildman–Crippen LogP) is 3.68. The molecule has 7 nitrogen and oxygen atoms in total. The second-order valence-corrected chi connectivity index (χ2v) is 5.46. The van der Waals surface area contributed by atoms with E-state index in [1.165, 1.54) is 14.2 Å². The molecule has 0 aliphatic heterocycles. The van der Waals surface area contributed by atoms with Crippen LogP contribution >= 0.6 is 11.6 Å². The Kier molecular flexibility index (Phi) is 7.43. The van der Waals surface area contributed by atoms with Gasteiger partial charge in [0.25, 0.3) is 0 Å². The Morgan fingerprint density at radius 3 is 2.72 bits per heavy atom. The van der Waals surface area contributed by atoms with Gasteiger partial charge in [-0.25, -0.2) is 4.79 Å². The summed E-state index contributed by atoms with van der Waals surface area (Å²) in [6, 6.07) is 6.49. The number of furan rings is 1. The van der Waals surface area contributed by atoms with Crippen molar-refractivity contribution in [3.8, 4) is 11.5 Å². The van der Waals surface area contributed by atoms with Crippen LogP contribution in [0.15, 0.2) is 34.9 Å². The fourth-order valence-electron chi connectivity index (χ4n) is 2.07. The highest BCUT2D eigenvalue weighted by molar-refractivity contribution is 6.32. The number of anilines is 1. The molecule has 0 bridgehead atoms. The van der Waals surface area contributed by atoms with Crippen LogP contribution in [0.5, 0.6) is 11.5 Å². The van der Waals surface area contributed by atoms with Crippen LogP contribution in [0.2, 0.25) is 5.02 Å². The third-order valence-corrected chi connectivity index (χ3v) is 3.59. The van der Waals surface area contributed by atoms with Gasteiger partial charge >= 0.3 is 6.03 Å². The second kappa shape index (κ2) is 9.80. The number of methoxy groups -OCH3 is 2. The summed E-state index contributed by atoms with van der Waals surface area (Å²) in [7, 11) is 3.00. The zero-order chi connectivity index (χ0) is 18.1. The van der Waals surface area contributed by atoms with E-state index in [0.717, 1.165) is 5.76 Å². The van der Waals surface area contributed by atoms with Gasteiger partial charge in [0.15, 0.2) is 0 Å². The van der Waals surface area contributed by atoms with E-state index in [0.29, 0.717) is 48.4 Å². The number of benzene rings is 1. The summed E-state index contributed by atoms with van der Waals surface area (Å²) >= 11 is 6.03. The van der Waals surface area contributed by atoms with Crippen LogP contribution in [0.1, 0.15) is 12.2 Å². The van der Waals surface area contributed by atoms with Crippen molar-refractivity contribution in [3.05, 3.63) is 41.3 Å². The van der Waals surface area contributed by atoms with E-state index in [4.69, 9.17) is 30.2 Å². The molecule has 25 heavy (non-hydrogen) atoms. The summed E-state index contributed by atoms with van der Waals surface area (Å²) in [5, 5.41) is 5.85. The first-order valence-corrected chi connectivity index (χ1v) is 8.08. The normalized spacial score (nSPS) is 10.4. The van der Waals surface area contributed by atoms with Crippen molar-refractivity contribution >= 4 is 23.3 Å². The summed E-state index contributed by atoms with van der Waals surface area (Å²) in [5.41, 5.74) is 0.468. The number of ether oxygens (including phenoxy) is 3. The fraction of sp³-hybridized carbons (Fsp3) is 0.353. The van der Waals surface area contributed by atoms with Crippen LogP contribution in [-0.4, -0.2) is 33.4 Å². The molecular weight excluding hydrogens is 348 g/mol. The summed E-state index contributed by atoms with van der Waals surface area (Å²) in [5.74, 6) is 1.67. The number of halogens is 1. The van der Waals surface area contributed by atoms with Gasteiger partial charge in [0.1, 0.15) is 23.9 Å². The number of carbonyl (C=O) groups is 1. The van der Waals surface area contributed by atoms with Gasteiger partial charge in [-0.2, -0.15) is 0 Å². The van der Waals surface area contributed by atoms with E-state index in [1.807, 2.05) is 12.1 Å². The van der Waals surface area contributed by atoms with Gasteiger partial charge in [-0.05, 0) is 18.6 Å². The molecule has 0 atom stereocenters. The quantitative estimate of drug-likeness (QED) is 0.660. The Morgan fingerprint density at radius 2 is 2.04 bits per heavy atom. The Balaban J connectivity index is 1.72. The van der Waals surface area contributed by atoms with E-state index in [9.17, 15) is 4.79 Å².